The minimum Gasteiger partial charge on any atom is -0.368 e. The zero-order valence-electron chi connectivity index (χ0n) is 13.3. The van der Waals surface area contributed by atoms with Crippen LogP contribution in [-0.4, -0.2) is 43.2 Å². The average molecular weight is 297 g/mol. The van der Waals surface area contributed by atoms with Gasteiger partial charge in [-0.3, -0.25) is 4.90 Å². The molecule has 0 aliphatic carbocycles. The fourth-order valence-electron chi connectivity index (χ4n) is 2.51. The Labute approximate surface area is 126 Å². The summed E-state index contributed by atoms with van der Waals surface area (Å²) in [5.41, 5.74) is 1.30. The van der Waals surface area contributed by atoms with E-state index in [1.807, 2.05) is 7.05 Å². The number of nitrogens with zero attached hydrogens (tertiary/aromatic N) is 2. The van der Waals surface area contributed by atoms with Gasteiger partial charge in [-0.25, -0.2) is 4.98 Å². The molecular formula is C15H27N3OS. The van der Waals surface area contributed by atoms with Gasteiger partial charge in [-0.15, -0.1) is 11.3 Å². The topological polar surface area (TPSA) is 37.4 Å². The Bertz CT molecular complexity index is 439. The van der Waals surface area contributed by atoms with Gasteiger partial charge in [0.25, 0.3) is 0 Å². The van der Waals surface area contributed by atoms with E-state index < -0.39 is 0 Å². The van der Waals surface area contributed by atoms with Gasteiger partial charge in [-0.05, 0) is 13.6 Å². The lowest BCUT2D eigenvalue weighted by molar-refractivity contribution is -0.0283. The highest BCUT2D eigenvalue weighted by atomic mass is 32.1. The van der Waals surface area contributed by atoms with E-state index in [9.17, 15) is 0 Å². The molecule has 1 aromatic heterocycles. The molecule has 0 aromatic carbocycles. The first-order valence-electron chi connectivity index (χ1n) is 7.44. The molecule has 1 unspecified atom stereocenters. The number of hydrogen-bond acceptors (Lipinski definition) is 5. The molecule has 0 saturated carbocycles. The summed E-state index contributed by atoms with van der Waals surface area (Å²) in [5, 5.41) is 4.39. The molecule has 114 valence electrons. The van der Waals surface area contributed by atoms with Crippen LogP contribution >= 0.6 is 11.3 Å². The SMILES string of the molecule is CCN1CCOC(c2nc(C(C)(C)C)c(CNC)s2)C1. The van der Waals surface area contributed by atoms with Gasteiger partial charge in [0.15, 0.2) is 0 Å². The highest BCUT2D eigenvalue weighted by molar-refractivity contribution is 7.11. The summed E-state index contributed by atoms with van der Waals surface area (Å²) in [7, 11) is 1.99. The highest BCUT2D eigenvalue weighted by Crippen LogP contribution is 2.34. The Hall–Kier alpha value is -0.490. The van der Waals surface area contributed by atoms with E-state index in [1.165, 1.54) is 10.6 Å². The minimum atomic E-state index is 0.0834. The van der Waals surface area contributed by atoms with E-state index in [4.69, 9.17) is 9.72 Å². The van der Waals surface area contributed by atoms with Crippen molar-refractivity contribution < 1.29 is 4.74 Å². The van der Waals surface area contributed by atoms with E-state index in [0.717, 1.165) is 37.8 Å². The Morgan fingerprint density at radius 3 is 2.80 bits per heavy atom. The number of rotatable bonds is 4. The molecule has 20 heavy (non-hydrogen) atoms. The molecule has 0 radical (unpaired) electrons. The summed E-state index contributed by atoms with van der Waals surface area (Å²) in [6.07, 6.45) is 0.139. The first kappa shape index (κ1) is 15.9. The van der Waals surface area contributed by atoms with Crippen LogP contribution in [0.25, 0.3) is 0 Å². The first-order valence-corrected chi connectivity index (χ1v) is 8.26. The number of likely N-dealkylation sites (N-methyl/N-ethyl adjacent to an activating group) is 1. The van der Waals surface area contributed by atoms with Crippen LogP contribution in [-0.2, 0) is 16.7 Å². The molecule has 5 heteroatoms. The Kier molecular flexibility index (Phi) is 5.18. The third kappa shape index (κ3) is 3.58. The number of morpholine rings is 1. The number of hydrogen-bond donors (Lipinski definition) is 1. The molecule has 0 spiro atoms. The molecule has 2 heterocycles. The summed E-state index contributed by atoms with van der Waals surface area (Å²) in [6, 6.07) is 0. The van der Waals surface area contributed by atoms with Gasteiger partial charge < -0.3 is 10.1 Å². The Morgan fingerprint density at radius 2 is 2.20 bits per heavy atom. The summed E-state index contributed by atoms with van der Waals surface area (Å²) in [6.45, 7) is 13.7. The average Bonchev–Trinajstić information content (AvgIpc) is 2.83. The highest BCUT2D eigenvalue weighted by Gasteiger charge is 2.28. The van der Waals surface area contributed by atoms with Gasteiger partial charge >= 0.3 is 0 Å². The second-order valence-corrected chi connectivity index (χ2v) is 7.47. The standard InChI is InChI=1S/C15H27N3OS/c1-6-18-7-8-19-11(10-18)14-17-13(15(2,3)4)12(20-14)9-16-5/h11,16H,6-10H2,1-5H3. The van der Waals surface area contributed by atoms with Gasteiger partial charge in [-0.1, -0.05) is 27.7 Å². The van der Waals surface area contributed by atoms with Crippen LogP contribution in [0.1, 0.15) is 49.4 Å². The van der Waals surface area contributed by atoms with Crippen LogP contribution in [0.4, 0.5) is 0 Å². The Morgan fingerprint density at radius 1 is 1.45 bits per heavy atom. The van der Waals surface area contributed by atoms with E-state index >= 15 is 0 Å². The molecule has 1 aromatic rings. The lowest BCUT2D eigenvalue weighted by Gasteiger charge is -2.30. The molecule has 0 amide bonds. The van der Waals surface area contributed by atoms with Gasteiger partial charge in [0.1, 0.15) is 11.1 Å². The lowest BCUT2D eigenvalue weighted by atomic mass is 9.91. The molecule has 1 saturated heterocycles. The number of aromatic nitrogens is 1. The summed E-state index contributed by atoms with van der Waals surface area (Å²) in [5.74, 6) is 0. The van der Waals surface area contributed by atoms with Crippen LogP contribution in [0, 0.1) is 0 Å². The minimum absolute atomic E-state index is 0.0834. The van der Waals surface area contributed by atoms with Crippen molar-refractivity contribution in [3.8, 4) is 0 Å². The largest absolute Gasteiger partial charge is 0.368 e. The van der Waals surface area contributed by atoms with E-state index in [0.29, 0.717) is 0 Å². The lowest BCUT2D eigenvalue weighted by Crippen LogP contribution is -2.38. The molecule has 1 aliphatic rings. The molecule has 4 nitrogen and oxygen atoms in total. The third-order valence-electron chi connectivity index (χ3n) is 3.63. The zero-order chi connectivity index (χ0) is 14.8. The van der Waals surface area contributed by atoms with Crippen molar-refractivity contribution in [2.24, 2.45) is 0 Å². The smallest absolute Gasteiger partial charge is 0.123 e. The molecule has 1 N–H and O–H groups in total. The maximum Gasteiger partial charge on any atom is 0.123 e. The van der Waals surface area contributed by atoms with Crippen molar-refractivity contribution >= 4 is 11.3 Å². The maximum atomic E-state index is 5.94. The molecule has 1 fully saturated rings. The van der Waals surface area contributed by atoms with Crippen LogP contribution in [0.5, 0.6) is 0 Å². The fraction of sp³-hybridized carbons (Fsp3) is 0.800. The van der Waals surface area contributed by atoms with Crippen molar-refractivity contribution in [1.82, 2.24) is 15.2 Å². The monoisotopic (exact) mass is 297 g/mol. The molecule has 1 atom stereocenters. The summed E-state index contributed by atoms with van der Waals surface area (Å²) in [4.78, 5) is 8.69. The Balaban J connectivity index is 2.24. The molecule has 2 rings (SSSR count). The second-order valence-electron chi connectivity index (χ2n) is 6.36. The maximum absolute atomic E-state index is 5.94. The predicted molar refractivity (Wildman–Crippen MR) is 84.4 cm³/mol. The van der Waals surface area contributed by atoms with E-state index in [2.05, 4.69) is 37.9 Å². The van der Waals surface area contributed by atoms with Gasteiger partial charge in [0.05, 0.1) is 12.3 Å². The van der Waals surface area contributed by atoms with E-state index in [1.54, 1.807) is 11.3 Å². The fourth-order valence-corrected chi connectivity index (χ4v) is 3.84. The number of thiazole rings is 1. The second kappa shape index (κ2) is 6.52. The van der Waals surface area contributed by atoms with Gasteiger partial charge in [-0.2, -0.15) is 0 Å². The van der Waals surface area contributed by atoms with Crippen molar-refractivity contribution in [3.63, 3.8) is 0 Å². The molecule has 0 bridgehead atoms. The van der Waals surface area contributed by atoms with E-state index in [-0.39, 0.29) is 11.5 Å². The number of ether oxygens (including phenoxy) is 1. The van der Waals surface area contributed by atoms with Crippen LogP contribution in [0.15, 0.2) is 0 Å². The quantitative estimate of drug-likeness (QED) is 0.927. The van der Waals surface area contributed by atoms with Gasteiger partial charge in [0.2, 0.25) is 0 Å². The van der Waals surface area contributed by atoms with Crippen LogP contribution < -0.4 is 5.32 Å². The van der Waals surface area contributed by atoms with Crippen molar-refractivity contribution in [2.75, 3.05) is 33.3 Å². The molecule has 1 aliphatic heterocycles. The van der Waals surface area contributed by atoms with Gasteiger partial charge in [0, 0.05) is 29.9 Å². The van der Waals surface area contributed by atoms with Crippen LogP contribution in [0.2, 0.25) is 0 Å². The first-order chi connectivity index (χ1) is 9.45. The summed E-state index contributed by atoms with van der Waals surface area (Å²) < 4.78 is 5.94. The van der Waals surface area contributed by atoms with Crippen molar-refractivity contribution in [1.29, 1.82) is 0 Å². The molecular weight excluding hydrogens is 270 g/mol. The zero-order valence-corrected chi connectivity index (χ0v) is 14.1. The summed E-state index contributed by atoms with van der Waals surface area (Å²) >= 11 is 1.80. The van der Waals surface area contributed by atoms with Crippen molar-refractivity contribution in [2.45, 2.75) is 45.8 Å². The normalized spacial score (nSPS) is 21.4. The van der Waals surface area contributed by atoms with Crippen LogP contribution in [0.3, 0.4) is 0 Å². The van der Waals surface area contributed by atoms with Crippen molar-refractivity contribution in [3.05, 3.63) is 15.6 Å². The predicted octanol–water partition coefficient (Wildman–Crippen LogP) is 2.55. The third-order valence-corrected chi connectivity index (χ3v) is 4.78. The number of nitrogens with one attached hydrogen (secondary N) is 1.